The monoisotopic (exact) mass is 403 g/mol. The number of halogens is 3. The molecule has 1 aliphatic rings. The molecule has 0 unspecified atom stereocenters. The summed E-state index contributed by atoms with van der Waals surface area (Å²) in [6.07, 6.45) is -1.37. The number of alkyl halides is 3. The number of nitrogens with one attached hydrogen (secondary N) is 3. The number of aliphatic imine (C=N–C) groups is 1. The van der Waals surface area contributed by atoms with Crippen LogP contribution in [0.2, 0.25) is 0 Å². The van der Waals surface area contributed by atoms with Crippen molar-refractivity contribution in [3.63, 3.8) is 0 Å². The van der Waals surface area contributed by atoms with E-state index in [1.54, 1.807) is 14.2 Å². The normalized spacial score (nSPS) is 16.8. The maximum absolute atomic E-state index is 12.7. The first-order valence-corrected chi connectivity index (χ1v) is 9.25. The number of methoxy groups -OCH3 is 1. The molecule has 2 rings (SSSR count). The molecular weight excluding hydrogens is 375 g/mol. The average Bonchev–Trinajstić information content (AvgIpc) is 2.69. The van der Waals surface area contributed by atoms with Crippen molar-refractivity contribution in [1.82, 2.24) is 25.5 Å². The SMILES string of the molecule is CN=C(NCCNc1nccc(C(F)(F)F)n1)NC1CCN(CCOC)CC1. The van der Waals surface area contributed by atoms with Crippen LogP contribution >= 0.6 is 0 Å². The van der Waals surface area contributed by atoms with E-state index in [-0.39, 0.29) is 5.95 Å². The zero-order valence-electron chi connectivity index (χ0n) is 16.2. The smallest absolute Gasteiger partial charge is 0.383 e. The lowest BCUT2D eigenvalue weighted by atomic mass is 10.1. The first kappa shape index (κ1) is 22.2. The quantitative estimate of drug-likeness (QED) is 0.341. The molecule has 0 aromatic carbocycles. The average molecular weight is 403 g/mol. The Morgan fingerprint density at radius 1 is 1.32 bits per heavy atom. The molecule has 0 radical (unpaired) electrons. The molecule has 11 heteroatoms. The van der Waals surface area contributed by atoms with E-state index in [0.717, 1.165) is 51.3 Å². The van der Waals surface area contributed by atoms with Gasteiger partial charge in [0.15, 0.2) is 5.96 Å². The zero-order chi connectivity index (χ0) is 20.4. The number of guanidine groups is 1. The van der Waals surface area contributed by atoms with E-state index in [1.807, 2.05) is 0 Å². The third-order valence-electron chi connectivity index (χ3n) is 4.41. The number of piperidine rings is 1. The number of likely N-dealkylation sites (tertiary alicyclic amines) is 1. The van der Waals surface area contributed by atoms with Crippen molar-refractivity contribution in [1.29, 1.82) is 0 Å². The Kier molecular flexibility index (Phi) is 8.71. The Balaban J connectivity index is 1.68. The second-order valence-electron chi connectivity index (χ2n) is 6.44. The second kappa shape index (κ2) is 11.0. The first-order valence-electron chi connectivity index (χ1n) is 9.25. The van der Waals surface area contributed by atoms with Crippen LogP contribution in [0.15, 0.2) is 17.3 Å². The van der Waals surface area contributed by atoms with E-state index in [9.17, 15) is 13.2 Å². The number of anilines is 1. The molecule has 1 fully saturated rings. The molecule has 0 spiro atoms. The van der Waals surface area contributed by atoms with Crippen molar-refractivity contribution in [2.45, 2.75) is 25.1 Å². The van der Waals surface area contributed by atoms with Gasteiger partial charge in [-0.1, -0.05) is 0 Å². The molecule has 0 amide bonds. The fourth-order valence-electron chi connectivity index (χ4n) is 2.87. The maximum atomic E-state index is 12.7. The molecule has 3 N–H and O–H groups in total. The van der Waals surface area contributed by atoms with Crippen LogP contribution in [0.25, 0.3) is 0 Å². The number of rotatable bonds is 8. The predicted molar refractivity (Wildman–Crippen MR) is 101 cm³/mol. The molecule has 0 aliphatic carbocycles. The summed E-state index contributed by atoms with van der Waals surface area (Å²) in [5.41, 5.74) is -0.965. The number of ether oxygens (including phenoxy) is 1. The van der Waals surface area contributed by atoms with Crippen LogP contribution in [-0.4, -0.2) is 80.4 Å². The van der Waals surface area contributed by atoms with Crippen LogP contribution in [0.5, 0.6) is 0 Å². The first-order chi connectivity index (χ1) is 13.4. The number of nitrogens with zero attached hydrogens (tertiary/aromatic N) is 4. The summed E-state index contributed by atoms with van der Waals surface area (Å²) in [7, 11) is 3.39. The van der Waals surface area contributed by atoms with Crippen molar-refractivity contribution in [3.8, 4) is 0 Å². The highest BCUT2D eigenvalue weighted by molar-refractivity contribution is 5.80. The van der Waals surface area contributed by atoms with Crippen LogP contribution in [0, 0.1) is 0 Å². The van der Waals surface area contributed by atoms with Crippen LogP contribution in [0.3, 0.4) is 0 Å². The Hall–Kier alpha value is -2.14. The van der Waals surface area contributed by atoms with Crippen molar-refractivity contribution >= 4 is 11.9 Å². The van der Waals surface area contributed by atoms with Crippen molar-refractivity contribution < 1.29 is 17.9 Å². The third kappa shape index (κ3) is 7.47. The third-order valence-corrected chi connectivity index (χ3v) is 4.41. The molecule has 0 atom stereocenters. The van der Waals surface area contributed by atoms with Gasteiger partial charge in [0.25, 0.3) is 0 Å². The Labute approximate surface area is 163 Å². The van der Waals surface area contributed by atoms with Gasteiger partial charge >= 0.3 is 6.18 Å². The van der Waals surface area contributed by atoms with Gasteiger partial charge < -0.3 is 25.6 Å². The fourth-order valence-corrected chi connectivity index (χ4v) is 2.87. The molecule has 1 aromatic heterocycles. The van der Waals surface area contributed by atoms with E-state index in [1.165, 1.54) is 0 Å². The highest BCUT2D eigenvalue weighted by Gasteiger charge is 2.32. The predicted octanol–water partition coefficient (Wildman–Crippen LogP) is 1.18. The van der Waals surface area contributed by atoms with Gasteiger partial charge in [-0.05, 0) is 18.9 Å². The summed E-state index contributed by atoms with van der Waals surface area (Å²) < 4.78 is 43.1. The minimum absolute atomic E-state index is 0.0528. The lowest BCUT2D eigenvalue weighted by molar-refractivity contribution is -0.141. The molecule has 0 bridgehead atoms. The highest BCUT2D eigenvalue weighted by atomic mass is 19.4. The van der Waals surface area contributed by atoms with Gasteiger partial charge in [0.2, 0.25) is 5.95 Å². The largest absolute Gasteiger partial charge is 0.433 e. The van der Waals surface area contributed by atoms with Crippen molar-refractivity contribution in [2.24, 2.45) is 4.99 Å². The minimum Gasteiger partial charge on any atom is -0.383 e. The Morgan fingerprint density at radius 3 is 2.71 bits per heavy atom. The summed E-state index contributed by atoms with van der Waals surface area (Å²) in [4.78, 5) is 13.8. The summed E-state index contributed by atoms with van der Waals surface area (Å²) in [6.45, 7) is 4.52. The maximum Gasteiger partial charge on any atom is 0.433 e. The van der Waals surface area contributed by atoms with Crippen LogP contribution in [0.4, 0.5) is 19.1 Å². The number of hydrogen-bond donors (Lipinski definition) is 3. The summed E-state index contributed by atoms with van der Waals surface area (Å²) in [5.74, 6) is 0.616. The van der Waals surface area contributed by atoms with E-state index >= 15 is 0 Å². The fraction of sp³-hybridized carbons (Fsp3) is 0.706. The highest BCUT2D eigenvalue weighted by Crippen LogP contribution is 2.27. The van der Waals surface area contributed by atoms with Crippen LogP contribution in [0.1, 0.15) is 18.5 Å². The van der Waals surface area contributed by atoms with E-state index in [4.69, 9.17) is 4.74 Å². The lowest BCUT2D eigenvalue weighted by Gasteiger charge is -2.32. The standard InChI is InChI=1S/C17H28F3N7O/c1-21-15(25-13-4-9-27(10-5-13)11-12-28-2)23-7-8-24-16-22-6-3-14(26-16)17(18,19)20/h3,6,13H,4-5,7-12H2,1-2H3,(H2,21,23,25)(H,22,24,26). The van der Waals surface area contributed by atoms with E-state index < -0.39 is 11.9 Å². The van der Waals surface area contributed by atoms with Gasteiger partial charge in [0, 0.05) is 59.1 Å². The molecule has 2 heterocycles. The Morgan fingerprint density at radius 2 is 2.07 bits per heavy atom. The van der Waals surface area contributed by atoms with Gasteiger partial charge in [-0.15, -0.1) is 0 Å². The molecule has 1 aliphatic heterocycles. The van der Waals surface area contributed by atoms with E-state index in [0.29, 0.717) is 25.1 Å². The lowest BCUT2D eigenvalue weighted by Crippen LogP contribution is -2.49. The molecule has 8 nitrogen and oxygen atoms in total. The van der Waals surface area contributed by atoms with Gasteiger partial charge in [-0.2, -0.15) is 13.2 Å². The molecule has 1 saturated heterocycles. The number of aromatic nitrogens is 2. The van der Waals surface area contributed by atoms with Gasteiger partial charge in [-0.3, -0.25) is 4.99 Å². The zero-order valence-corrected chi connectivity index (χ0v) is 16.2. The van der Waals surface area contributed by atoms with E-state index in [2.05, 4.69) is 35.8 Å². The molecule has 28 heavy (non-hydrogen) atoms. The van der Waals surface area contributed by atoms with Gasteiger partial charge in [0.1, 0.15) is 5.69 Å². The second-order valence-corrected chi connectivity index (χ2v) is 6.44. The van der Waals surface area contributed by atoms with Gasteiger partial charge in [-0.25, -0.2) is 9.97 Å². The summed E-state index contributed by atoms with van der Waals surface area (Å²) >= 11 is 0. The molecule has 1 aromatic rings. The number of hydrogen-bond acceptors (Lipinski definition) is 6. The van der Waals surface area contributed by atoms with Crippen LogP contribution in [-0.2, 0) is 10.9 Å². The Bertz CT molecular complexity index is 619. The summed E-state index contributed by atoms with van der Waals surface area (Å²) in [5, 5.41) is 9.31. The van der Waals surface area contributed by atoms with Gasteiger partial charge in [0.05, 0.1) is 6.61 Å². The summed E-state index contributed by atoms with van der Waals surface area (Å²) in [6, 6.07) is 1.18. The topological polar surface area (TPSA) is 86.7 Å². The van der Waals surface area contributed by atoms with Crippen LogP contribution < -0.4 is 16.0 Å². The molecule has 0 saturated carbocycles. The molecular formula is C17H28F3N7O. The molecule has 158 valence electrons. The minimum atomic E-state index is -4.48. The van der Waals surface area contributed by atoms with Crippen molar-refractivity contribution in [2.75, 3.05) is 58.8 Å². The van der Waals surface area contributed by atoms with Crippen molar-refractivity contribution in [3.05, 3.63) is 18.0 Å².